The van der Waals surface area contributed by atoms with Gasteiger partial charge in [0.1, 0.15) is 6.04 Å². The van der Waals surface area contributed by atoms with E-state index in [9.17, 15) is 28.5 Å². The second-order valence-corrected chi connectivity index (χ2v) is 19.2. The van der Waals surface area contributed by atoms with Gasteiger partial charge < -0.3 is 20.5 Å². The maximum atomic E-state index is 16.1. The first kappa shape index (κ1) is 47.0. The van der Waals surface area contributed by atoms with Crippen molar-refractivity contribution in [2.24, 2.45) is 22.5 Å². The van der Waals surface area contributed by atoms with Gasteiger partial charge in [-0.15, -0.1) is 0 Å². The Bertz CT molecular complexity index is 1980. The molecule has 4 rings (SSSR count). The topological polar surface area (TPSA) is 181 Å². The molecule has 322 valence electrons. The van der Waals surface area contributed by atoms with E-state index in [1.165, 1.54) is 53.7 Å². The number of hydrogen-bond acceptors (Lipinski definition) is 10. The molecule has 2 aromatic rings. The molecule has 0 bridgehead atoms. The van der Waals surface area contributed by atoms with Crippen LogP contribution in [0.3, 0.4) is 0 Å². The number of carbonyl (C=O) groups excluding carboxylic acids is 5. The normalized spacial score (nSPS) is 17.8. The molecule has 3 amide bonds. The summed E-state index contributed by atoms with van der Waals surface area (Å²) in [4.78, 5) is 65.2. The van der Waals surface area contributed by atoms with Crippen molar-refractivity contribution < 1.29 is 55.8 Å². The highest BCUT2D eigenvalue weighted by Crippen LogP contribution is 2.67. The Morgan fingerprint density at radius 2 is 1.53 bits per heavy atom. The number of hydrogen-bond donors (Lipinski definition) is 2. The molecule has 16 heteroatoms. The number of aryl methyl sites for hydroxylation is 1. The number of allylic oxidation sites excluding steroid dienone is 3. The summed E-state index contributed by atoms with van der Waals surface area (Å²) in [6.45, 7) is 14.7. The van der Waals surface area contributed by atoms with Gasteiger partial charge in [0.15, 0.2) is 0 Å². The highest BCUT2D eigenvalue weighted by molar-refractivity contribution is 7.54. The number of nitrogens with one attached hydrogen (secondary N) is 1. The minimum absolute atomic E-state index is 0.120. The van der Waals surface area contributed by atoms with E-state index in [1.807, 2.05) is 18.2 Å². The van der Waals surface area contributed by atoms with Crippen LogP contribution in [0.2, 0.25) is 0 Å². The molecular formula is C43H56F2N3O10P. The quantitative estimate of drug-likeness (QED) is 0.0694. The summed E-state index contributed by atoms with van der Waals surface area (Å²) in [5.41, 5.74) is 2.66. The van der Waals surface area contributed by atoms with Crippen LogP contribution in [-0.2, 0) is 65.6 Å². The van der Waals surface area contributed by atoms with Crippen LogP contribution in [0.5, 0.6) is 0 Å². The summed E-state index contributed by atoms with van der Waals surface area (Å²) in [5, 5.41) is 2.94. The molecule has 0 aliphatic carbocycles. The van der Waals surface area contributed by atoms with E-state index in [4.69, 9.17) is 24.3 Å². The SMILES string of the molecule is C=C(/C=C(\C)c1ccc(C(F)(F)P(=O)(OCOC(=O)C(C)(C)C)OCOC(=O)C(C)(C)C)cc1)C[C@H]1CCc2cccc3c2N(C1=O)[C@H](C(=O)N[C@H](C)CCC(N)=O)C3. The first-order chi connectivity index (χ1) is 27.4. The maximum Gasteiger partial charge on any atom is 0.410 e. The lowest BCUT2D eigenvalue weighted by Crippen LogP contribution is -2.51. The van der Waals surface area contributed by atoms with Gasteiger partial charge in [-0.1, -0.05) is 60.7 Å². The second kappa shape index (κ2) is 18.7. The van der Waals surface area contributed by atoms with E-state index < -0.39 is 73.0 Å². The summed E-state index contributed by atoms with van der Waals surface area (Å²) in [6, 6.07) is 9.59. The van der Waals surface area contributed by atoms with Gasteiger partial charge in [-0.2, -0.15) is 8.78 Å². The molecule has 13 nitrogen and oxygen atoms in total. The summed E-state index contributed by atoms with van der Waals surface area (Å²) >= 11 is 0. The van der Waals surface area contributed by atoms with Crippen LogP contribution in [0.15, 0.2) is 60.7 Å². The molecule has 0 aromatic heterocycles. The van der Waals surface area contributed by atoms with Gasteiger partial charge in [0.25, 0.3) is 0 Å². The van der Waals surface area contributed by atoms with Crippen LogP contribution in [0, 0.1) is 16.7 Å². The molecule has 0 fully saturated rings. The van der Waals surface area contributed by atoms with Gasteiger partial charge in [-0.05, 0) is 103 Å². The van der Waals surface area contributed by atoms with Crippen molar-refractivity contribution in [2.75, 3.05) is 18.5 Å². The molecule has 2 aliphatic rings. The third-order valence-corrected chi connectivity index (χ3v) is 11.9. The van der Waals surface area contributed by atoms with Gasteiger partial charge in [0.2, 0.25) is 31.3 Å². The minimum Gasteiger partial charge on any atom is -0.438 e. The number of amides is 3. The average Bonchev–Trinajstić information content (AvgIpc) is 3.49. The summed E-state index contributed by atoms with van der Waals surface area (Å²) in [6.07, 6.45) is 3.99. The Labute approximate surface area is 344 Å². The zero-order valence-electron chi connectivity index (χ0n) is 35.0. The first-order valence-corrected chi connectivity index (χ1v) is 21.0. The minimum atomic E-state index is -5.50. The summed E-state index contributed by atoms with van der Waals surface area (Å²) in [7, 11) is -5.50. The lowest BCUT2D eigenvalue weighted by atomic mass is 9.91. The maximum absolute atomic E-state index is 16.1. The number of alkyl halides is 2. The fraction of sp³-hybridized carbons (Fsp3) is 0.512. The fourth-order valence-electron chi connectivity index (χ4n) is 6.65. The molecule has 0 spiro atoms. The van der Waals surface area contributed by atoms with Crippen LogP contribution in [0.25, 0.3) is 5.57 Å². The highest BCUT2D eigenvalue weighted by atomic mass is 31.2. The number of nitrogens with two attached hydrogens (primary N) is 1. The number of primary amides is 1. The van der Waals surface area contributed by atoms with E-state index in [-0.39, 0.29) is 30.7 Å². The smallest absolute Gasteiger partial charge is 0.410 e. The molecule has 59 heavy (non-hydrogen) atoms. The number of anilines is 1. The van der Waals surface area contributed by atoms with Crippen molar-refractivity contribution in [3.63, 3.8) is 0 Å². The Kier molecular flexibility index (Phi) is 14.9. The van der Waals surface area contributed by atoms with Crippen LogP contribution in [-0.4, -0.2) is 55.3 Å². The third-order valence-electron chi connectivity index (χ3n) is 10.0. The van der Waals surface area contributed by atoms with Crippen LogP contribution in [0.1, 0.15) is 103 Å². The molecule has 2 aliphatic heterocycles. The number of para-hydroxylation sites is 1. The lowest BCUT2D eigenvalue weighted by molar-refractivity contribution is -0.163. The van der Waals surface area contributed by atoms with Gasteiger partial charge in [0, 0.05) is 30.4 Å². The van der Waals surface area contributed by atoms with Crippen molar-refractivity contribution >= 4 is 48.5 Å². The van der Waals surface area contributed by atoms with Crippen molar-refractivity contribution in [2.45, 2.75) is 112 Å². The molecule has 0 saturated heterocycles. The second-order valence-electron chi connectivity index (χ2n) is 17.2. The lowest BCUT2D eigenvalue weighted by Gasteiger charge is -2.28. The summed E-state index contributed by atoms with van der Waals surface area (Å²) < 4.78 is 65.6. The van der Waals surface area contributed by atoms with Crippen LogP contribution < -0.4 is 16.0 Å². The molecule has 2 aromatic carbocycles. The van der Waals surface area contributed by atoms with E-state index in [1.54, 1.807) is 24.8 Å². The average molecular weight is 844 g/mol. The van der Waals surface area contributed by atoms with E-state index in [0.29, 0.717) is 42.4 Å². The van der Waals surface area contributed by atoms with E-state index >= 15 is 8.78 Å². The van der Waals surface area contributed by atoms with Crippen molar-refractivity contribution in [1.82, 2.24) is 5.32 Å². The molecule has 0 radical (unpaired) electrons. The van der Waals surface area contributed by atoms with Crippen LogP contribution >= 0.6 is 7.60 Å². The Hall–Kier alpha value is -4.72. The van der Waals surface area contributed by atoms with Gasteiger partial charge >= 0.3 is 25.2 Å². The van der Waals surface area contributed by atoms with Gasteiger partial charge in [0.05, 0.1) is 16.5 Å². The Morgan fingerprint density at radius 3 is 2.07 bits per heavy atom. The Balaban J connectivity index is 1.49. The number of halogens is 2. The highest BCUT2D eigenvalue weighted by Gasteiger charge is 2.56. The zero-order chi connectivity index (χ0) is 44.1. The number of carbonyl (C=O) groups is 5. The number of benzene rings is 2. The van der Waals surface area contributed by atoms with Crippen molar-refractivity contribution in [1.29, 1.82) is 0 Å². The van der Waals surface area contributed by atoms with Crippen molar-refractivity contribution in [3.8, 4) is 0 Å². The predicted octanol–water partition coefficient (Wildman–Crippen LogP) is 7.70. The molecular weight excluding hydrogens is 787 g/mol. The third kappa shape index (κ3) is 11.5. The first-order valence-electron chi connectivity index (χ1n) is 19.5. The molecule has 0 saturated carbocycles. The van der Waals surface area contributed by atoms with E-state index in [2.05, 4.69) is 11.9 Å². The van der Waals surface area contributed by atoms with E-state index in [0.717, 1.165) is 28.9 Å². The standard InChI is InChI=1S/C43H56F2N3O10P/c1-26(22-32-15-14-30-11-10-12-31-23-34(48(36(30)31)38(32)51)37(50)47-28(3)13-20-35(46)49)21-27(2)29-16-18-33(19-17-29)43(44,45)59(54,57-24-55-39(52)41(4,5)6)58-25-56-40(53)42(7,8)9/h10-12,16-19,21,28,32,34H,1,13-15,20,22-25H2,2-9H3,(H2,46,49)(H,47,50)/b27-21+/t28-,32-,34+/m1/s1. The predicted molar refractivity (Wildman–Crippen MR) is 218 cm³/mol. The largest absolute Gasteiger partial charge is 0.438 e. The summed E-state index contributed by atoms with van der Waals surface area (Å²) in [5.74, 6) is -3.08. The number of nitrogens with zero attached hydrogens (tertiary/aromatic N) is 1. The number of ether oxygens (including phenoxy) is 2. The number of esters is 2. The molecule has 0 unspecified atom stereocenters. The van der Waals surface area contributed by atoms with Crippen LogP contribution in [0.4, 0.5) is 14.5 Å². The van der Waals surface area contributed by atoms with Crippen molar-refractivity contribution in [3.05, 3.63) is 82.9 Å². The fourth-order valence-corrected chi connectivity index (χ4v) is 7.89. The molecule has 3 atom stereocenters. The van der Waals surface area contributed by atoms with Gasteiger partial charge in [-0.25, -0.2) is 0 Å². The Morgan fingerprint density at radius 1 is 0.966 bits per heavy atom. The van der Waals surface area contributed by atoms with Gasteiger partial charge in [-0.3, -0.25) is 42.5 Å². The monoisotopic (exact) mass is 843 g/mol. The number of rotatable bonds is 17. The molecule has 3 N–H and O–H groups in total. The zero-order valence-corrected chi connectivity index (χ0v) is 35.9. The molecule has 2 heterocycles.